The zero-order valence-electron chi connectivity index (χ0n) is 7.04. The first-order valence-corrected chi connectivity index (χ1v) is 3.07. The zero-order valence-corrected chi connectivity index (χ0v) is 7.04. The molecule has 0 bridgehead atoms. The summed E-state index contributed by atoms with van der Waals surface area (Å²) in [7, 11) is 0. The second-order valence-corrected chi connectivity index (χ2v) is 0.949. The van der Waals surface area contributed by atoms with E-state index in [1.165, 1.54) is 0 Å². The summed E-state index contributed by atoms with van der Waals surface area (Å²) in [5, 5.41) is 22.7. The van der Waals surface area contributed by atoms with Gasteiger partial charge < -0.3 is 15.3 Å². The van der Waals surface area contributed by atoms with Gasteiger partial charge in [0.15, 0.2) is 0 Å². The molecule has 65 valence electrons. The van der Waals surface area contributed by atoms with Crippen molar-refractivity contribution in [2.75, 3.05) is 19.8 Å². The quantitative estimate of drug-likeness (QED) is 0.410. The van der Waals surface area contributed by atoms with Gasteiger partial charge in [-0.05, 0) is 20.8 Å². The van der Waals surface area contributed by atoms with Gasteiger partial charge in [0.2, 0.25) is 0 Å². The fourth-order valence-electron chi connectivity index (χ4n) is 0. The summed E-state index contributed by atoms with van der Waals surface area (Å²) in [5.41, 5.74) is 0. The Morgan fingerprint density at radius 2 is 0.727 bits per heavy atom. The van der Waals surface area contributed by atoms with E-state index in [4.69, 9.17) is 15.3 Å². The number of aliphatic hydroxyl groups is 3. The van der Waals surface area contributed by atoms with Crippen LogP contribution in [0.15, 0.2) is 0 Å². The fourth-order valence-corrected chi connectivity index (χ4v) is 0. The number of hydrogen-bond donors (Lipinski definition) is 3. The van der Waals surface area contributed by atoms with E-state index in [1.54, 1.807) is 20.8 Å². The number of rotatable bonds is 0. The second kappa shape index (κ2) is 69.6. The molecule has 0 saturated heterocycles. The Morgan fingerprint density at radius 1 is 0.727 bits per heavy atom. The van der Waals surface area contributed by atoms with Gasteiger partial charge in [-0.15, -0.1) is 0 Å². The van der Waals surface area contributed by atoms with Crippen molar-refractivity contribution in [1.82, 2.24) is 0 Å². The predicted molar refractivity (Wildman–Crippen MR) is 51.2 cm³/mol. The summed E-state index contributed by atoms with van der Waals surface area (Å²) in [6, 6.07) is 0. The van der Waals surface area contributed by atoms with Gasteiger partial charge in [-0.25, -0.2) is 0 Å². The standard InChI is InChI=1S/3C2H6O.B.Na.H/c3*1-2-3;;;/h3*3H,2H2,1H3;;;. The molecule has 0 heterocycles. The molecule has 0 aromatic carbocycles. The predicted octanol–water partition coefficient (Wildman–Crippen LogP) is -1.03. The van der Waals surface area contributed by atoms with Gasteiger partial charge >= 0.3 is 29.6 Å². The van der Waals surface area contributed by atoms with Crippen LogP contribution in [-0.2, 0) is 0 Å². The van der Waals surface area contributed by atoms with E-state index in [9.17, 15) is 0 Å². The summed E-state index contributed by atoms with van der Waals surface area (Å²) < 4.78 is 0. The molecule has 3 nitrogen and oxygen atoms in total. The van der Waals surface area contributed by atoms with E-state index in [2.05, 4.69) is 0 Å². The molecule has 0 saturated carbocycles. The van der Waals surface area contributed by atoms with E-state index in [0.717, 1.165) is 0 Å². The van der Waals surface area contributed by atoms with Crippen molar-refractivity contribution in [2.45, 2.75) is 20.8 Å². The van der Waals surface area contributed by atoms with Gasteiger partial charge in [-0.1, -0.05) is 0 Å². The van der Waals surface area contributed by atoms with Crippen molar-refractivity contribution in [1.29, 1.82) is 0 Å². The molecule has 3 N–H and O–H groups in total. The van der Waals surface area contributed by atoms with E-state index in [1.807, 2.05) is 0 Å². The molecule has 0 aliphatic carbocycles. The Kier molecular flexibility index (Phi) is 188. The van der Waals surface area contributed by atoms with Crippen LogP contribution >= 0.6 is 0 Å². The molecule has 0 aromatic heterocycles. The fraction of sp³-hybridized carbons (Fsp3) is 1.00. The normalized spacial score (nSPS) is 4.91. The summed E-state index contributed by atoms with van der Waals surface area (Å²) in [4.78, 5) is 0. The molecule has 3 radical (unpaired) electrons. The Morgan fingerprint density at radius 3 is 0.727 bits per heavy atom. The van der Waals surface area contributed by atoms with Crippen LogP contribution < -0.4 is 0 Å². The number of aliphatic hydroxyl groups excluding tert-OH is 3. The Labute approximate surface area is 93.7 Å². The van der Waals surface area contributed by atoms with E-state index in [-0.39, 0.29) is 57.8 Å². The first-order valence-electron chi connectivity index (χ1n) is 3.07. The van der Waals surface area contributed by atoms with Crippen molar-refractivity contribution in [2.24, 2.45) is 0 Å². The van der Waals surface area contributed by atoms with Crippen molar-refractivity contribution in [3.63, 3.8) is 0 Å². The van der Waals surface area contributed by atoms with Crippen LogP contribution in [-0.4, -0.2) is 73.1 Å². The molecule has 5 heteroatoms. The van der Waals surface area contributed by atoms with E-state index in [0.29, 0.717) is 0 Å². The van der Waals surface area contributed by atoms with Gasteiger partial charge in [0.25, 0.3) is 0 Å². The maximum atomic E-state index is 7.57. The third-order valence-corrected chi connectivity index (χ3v) is 0. The van der Waals surface area contributed by atoms with Crippen LogP contribution in [0.5, 0.6) is 0 Å². The van der Waals surface area contributed by atoms with Crippen LogP contribution in [0.2, 0.25) is 0 Å². The maximum absolute atomic E-state index is 7.57. The van der Waals surface area contributed by atoms with Crippen LogP contribution in [0.4, 0.5) is 0 Å². The average molecular weight is 173 g/mol. The minimum atomic E-state index is 0. The monoisotopic (exact) mass is 173 g/mol. The van der Waals surface area contributed by atoms with Crippen molar-refractivity contribution >= 4 is 38.0 Å². The van der Waals surface area contributed by atoms with E-state index < -0.39 is 0 Å². The number of hydrogen-bond acceptors (Lipinski definition) is 3. The average Bonchev–Trinajstić information content (AvgIpc) is 1.70. The van der Waals surface area contributed by atoms with Crippen LogP contribution in [0.25, 0.3) is 0 Å². The SMILES string of the molecule is CCO.CCO.CCO.[B].[NaH]. The molecule has 0 rings (SSSR count). The summed E-state index contributed by atoms with van der Waals surface area (Å²) >= 11 is 0. The molecule has 0 fully saturated rings. The molecule has 0 aromatic rings. The Hall–Kier alpha value is 0.945. The summed E-state index contributed by atoms with van der Waals surface area (Å²) in [5.74, 6) is 0. The minimum absolute atomic E-state index is 0. The summed E-state index contributed by atoms with van der Waals surface area (Å²) in [6.07, 6.45) is 0. The van der Waals surface area contributed by atoms with Gasteiger partial charge in [0.1, 0.15) is 0 Å². The van der Waals surface area contributed by atoms with Gasteiger partial charge in [-0.3, -0.25) is 0 Å². The Bertz CT molecular complexity index is 22.5. The van der Waals surface area contributed by atoms with Crippen LogP contribution in [0.3, 0.4) is 0 Å². The molecule has 0 amide bonds. The third-order valence-electron chi connectivity index (χ3n) is 0. The molecular weight excluding hydrogens is 154 g/mol. The first-order chi connectivity index (χ1) is 4.24. The van der Waals surface area contributed by atoms with Gasteiger partial charge in [0.05, 0.1) is 0 Å². The van der Waals surface area contributed by atoms with Crippen LogP contribution in [0, 0.1) is 0 Å². The first kappa shape index (κ1) is 29.7. The summed E-state index contributed by atoms with van der Waals surface area (Å²) in [6.45, 7) is 5.79. The van der Waals surface area contributed by atoms with Crippen molar-refractivity contribution in [3.8, 4) is 0 Å². The molecule has 0 aliphatic rings. The van der Waals surface area contributed by atoms with E-state index >= 15 is 0 Å². The molecule has 0 aliphatic heterocycles. The van der Waals surface area contributed by atoms with Crippen molar-refractivity contribution < 1.29 is 15.3 Å². The van der Waals surface area contributed by atoms with Gasteiger partial charge in [0, 0.05) is 28.2 Å². The Balaban J connectivity index is -0.0000000150. The van der Waals surface area contributed by atoms with Crippen molar-refractivity contribution in [3.05, 3.63) is 0 Å². The zero-order chi connectivity index (χ0) is 8.12. The molecule has 0 atom stereocenters. The second-order valence-electron chi connectivity index (χ2n) is 0.949. The molecular formula is C6H19BNaO3. The molecule has 11 heavy (non-hydrogen) atoms. The molecule has 0 spiro atoms. The third kappa shape index (κ3) is 981. The van der Waals surface area contributed by atoms with Crippen LogP contribution in [0.1, 0.15) is 20.8 Å². The van der Waals surface area contributed by atoms with Gasteiger partial charge in [-0.2, -0.15) is 0 Å². The topological polar surface area (TPSA) is 60.7 Å². The molecule has 0 unspecified atom stereocenters.